The van der Waals surface area contributed by atoms with Crippen LogP contribution in [0.5, 0.6) is 5.75 Å². The molecule has 8 nitrogen and oxygen atoms in total. The molecule has 10 heteroatoms. The molecule has 0 bridgehead atoms. The number of halogens is 1. The number of amides is 1. The first-order chi connectivity index (χ1) is 14.0. The van der Waals surface area contributed by atoms with Gasteiger partial charge in [-0.2, -0.15) is 4.68 Å². The molecule has 0 saturated heterocycles. The molecule has 0 radical (unpaired) electrons. The van der Waals surface area contributed by atoms with Gasteiger partial charge < -0.3 is 15.9 Å². The van der Waals surface area contributed by atoms with E-state index >= 15 is 0 Å². The predicted octanol–water partition coefficient (Wildman–Crippen LogP) is 2.34. The number of hydrogen-bond acceptors (Lipinski definition) is 7. The van der Waals surface area contributed by atoms with Crippen LogP contribution in [0.2, 0.25) is 5.02 Å². The molecule has 29 heavy (non-hydrogen) atoms. The highest BCUT2D eigenvalue weighted by Gasteiger charge is 2.13. The monoisotopic (exact) mass is 431 g/mol. The highest BCUT2D eigenvalue weighted by atomic mass is 35.5. The van der Waals surface area contributed by atoms with Gasteiger partial charge in [-0.1, -0.05) is 41.6 Å². The quantitative estimate of drug-likeness (QED) is 0.436. The predicted molar refractivity (Wildman–Crippen MR) is 113 cm³/mol. The largest absolute Gasteiger partial charge is 0.497 e. The summed E-state index contributed by atoms with van der Waals surface area (Å²) in [6.07, 6.45) is 0.279. The molecular formula is C19H18ClN5O3S. The van der Waals surface area contributed by atoms with E-state index in [-0.39, 0.29) is 28.9 Å². The van der Waals surface area contributed by atoms with Crippen LogP contribution in [0.25, 0.3) is 0 Å². The van der Waals surface area contributed by atoms with Gasteiger partial charge in [-0.15, -0.1) is 10.2 Å². The number of hydrogen-bond donors (Lipinski definition) is 2. The Kier molecular flexibility index (Phi) is 6.73. The number of nitrogens with zero attached hydrogens (tertiary/aromatic N) is 3. The summed E-state index contributed by atoms with van der Waals surface area (Å²) in [4.78, 5) is 24.6. The van der Waals surface area contributed by atoms with Crippen LogP contribution in [0.15, 0.2) is 58.5 Å². The lowest BCUT2D eigenvalue weighted by molar-refractivity contribution is -0.113. The number of ether oxygens (including phenoxy) is 1. The third-order valence-corrected chi connectivity index (χ3v) is 5.09. The molecule has 3 rings (SSSR count). The van der Waals surface area contributed by atoms with Crippen LogP contribution in [0, 0.1) is 0 Å². The van der Waals surface area contributed by atoms with E-state index < -0.39 is 5.56 Å². The number of carbonyl (C=O) groups excluding carboxylic acids is 1. The number of aromatic nitrogens is 3. The normalized spacial score (nSPS) is 10.6. The Morgan fingerprint density at radius 3 is 2.72 bits per heavy atom. The van der Waals surface area contributed by atoms with Crippen LogP contribution >= 0.6 is 23.4 Å². The van der Waals surface area contributed by atoms with Crippen LogP contribution in [0.1, 0.15) is 11.3 Å². The first-order valence-corrected chi connectivity index (χ1v) is 9.87. The van der Waals surface area contributed by atoms with Crippen LogP contribution in [0.3, 0.4) is 0 Å². The molecule has 0 aliphatic heterocycles. The summed E-state index contributed by atoms with van der Waals surface area (Å²) < 4.78 is 6.02. The summed E-state index contributed by atoms with van der Waals surface area (Å²) >= 11 is 6.88. The molecule has 3 aromatic rings. The van der Waals surface area contributed by atoms with Crippen LogP contribution < -0.4 is 21.5 Å². The third-order valence-electron chi connectivity index (χ3n) is 3.90. The van der Waals surface area contributed by atoms with E-state index in [0.29, 0.717) is 16.5 Å². The van der Waals surface area contributed by atoms with E-state index in [1.807, 2.05) is 0 Å². The Balaban J connectivity index is 1.63. The first kappa shape index (κ1) is 20.7. The number of benzene rings is 2. The molecule has 0 atom stereocenters. The van der Waals surface area contributed by atoms with Gasteiger partial charge in [-0.25, -0.2) is 0 Å². The SMILES string of the molecule is COc1cccc(NC(=O)CSc2nnc(Cc3ccc(Cl)cc3)c(=O)n2N)c1. The van der Waals surface area contributed by atoms with Crippen molar-refractivity contribution >= 4 is 35.0 Å². The van der Waals surface area contributed by atoms with Crippen molar-refractivity contribution < 1.29 is 9.53 Å². The second-order valence-electron chi connectivity index (χ2n) is 5.98. The smallest absolute Gasteiger partial charge is 0.294 e. The highest BCUT2D eigenvalue weighted by Crippen LogP contribution is 2.18. The van der Waals surface area contributed by atoms with Gasteiger partial charge in [-0.05, 0) is 29.8 Å². The van der Waals surface area contributed by atoms with Crippen LogP contribution in [-0.2, 0) is 11.2 Å². The maximum absolute atomic E-state index is 12.4. The summed E-state index contributed by atoms with van der Waals surface area (Å²) in [6, 6.07) is 14.1. The van der Waals surface area contributed by atoms with Gasteiger partial charge in [0, 0.05) is 23.2 Å². The number of carbonyl (C=O) groups is 1. The molecule has 1 heterocycles. The summed E-state index contributed by atoms with van der Waals surface area (Å²) in [5, 5.41) is 11.5. The van der Waals surface area contributed by atoms with Gasteiger partial charge in [0.1, 0.15) is 11.4 Å². The van der Waals surface area contributed by atoms with Crippen LogP contribution in [0.4, 0.5) is 5.69 Å². The number of methoxy groups -OCH3 is 1. The number of anilines is 1. The minimum absolute atomic E-state index is 0.0130. The lowest BCUT2D eigenvalue weighted by atomic mass is 10.1. The molecule has 0 fully saturated rings. The summed E-state index contributed by atoms with van der Waals surface area (Å²) in [5.74, 6) is 6.22. The molecule has 1 amide bonds. The molecular weight excluding hydrogens is 414 g/mol. The molecule has 0 saturated carbocycles. The topological polar surface area (TPSA) is 112 Å². The number of nitrogen functional groups attached to an aromatic ring is 1. The number of rotatable bonds is 7. The minimum atomic E-state index is -0.467. The zero-order valence-electron chi connectivity index (χ0n) is 15.5. The maximum Gasteiger partial charge on any atom is 0.294 e. The average molecular weight is 432 g/mol. The second kappa shape index (κ2) is 9.44. The summed E-state index contributed by atoms with van der Waals surface area (Å²) in [5.41, 5.74) is 1.20. The summed E-state index contributed by atoms with van der Waals surface area (Å²) in [6.45, 7) is 0. The average Bonchev–Trinajstić information content (AvgIpc) is 2.72. The lowest BCUT2D eigenvalue weighted by Crippen LogP contribution is -2.34. The van der Waals surface area contributed by atoms with E-state index in [1.54, 1.807) is 55.6 Å². The Bertz CT molecular complexity index is 1070. The van der Waals surface area contributed by atoms with E-state index in [9.17, 15) is 9.59 Å². The Labute approximate surface area is 176 Å². The van der Waals surface area contributed by atoms with Gasteiger partial charge in [0.05, 0.1) is 12.9 Å². The lowest BCUT2D eigenvalue weighted by Gasteiger charge is -2.09. The van der Waals surface area contributed by atoms with E-state index in [0.717, 1.165) is 22.0 Å². The Morgan fingerprint density at radius 2 is 2.00 bits per heavy atom. The number of thioether (sulfide) groups is 1. The molecule has 0 unspecified atom stereocenters. The number of nitrogens with two attached hydrogens (primary N) is 1. The summed E-state index contributed by atoms with van der Waals surface area (Å²) in [7, 11) is 1.55. The Morgan fingerprint density at radius 1 is 1.24 bits per heavy atom. The molecule has 3 N–H and O–H groups in total. The van der Waals surface area contributed by atoms with Gasteiger partial charge in [0.15, 0.2) is 0 Å². The van der Waals surface area contributed by atoms with E-state index in [1.165, 1.54) is 0 Å². The van der Waals surface area contributed by atoms with Gasteiger partial charge in [0.2, 0.25) is 11.1 Å². The second-order valence-corrected chi connectivity index (χ2v) is 7.36. The van der Waals surface area contributed by atoms with Crippen LogP contribution in [-0.4, -0.2) is 33.6 Å². The zero-order valence-corrected chi connectivity index (χ0v) is 17.0. The molecule has 2 aromatic carbocycles. The van der Waals surface area contributed by atoms with Crippen molar-refractivity contribution in [1.29, 1.82) is 0 Å². The molecule has 0 aliphatic rings. The fraction of sp³-hybridized carbons (Fsp3) is 0.158. The standard InChI is InChI=1S/C19H18ClN5O3S/c1-28-15-4-2-3-14(10-15)22-17(26)11-29-19-24-23-16(18(27)25(19)21)9-12-5-7-13(20)8-6-12/h2-8,10H,9,11,21H2,1H3,(H,22,26). The van der Waals surface area contributed by atoms with E-state index in [2.05, 4.69) is 15.5 Å². The molecule has 150 valence electrons. The molecule has 0 spiro atoms. The fourth-order valence-electron chi connectivity index (χ4n) is 2.45. The van der Waals surface area contributed by atoms with Crippen molar-refractivity contribution in [2.75, 3.05) is 24.0 Å². The van der Waals surface area contributed by atoms with Crippen molar-refractivity contribution in [3.05, 3.63) is 75.2 Å². The van der Waals surface area contributed by atoms with E-state index in [4.69, 9.17) is 22.2 Å². The zero-order chi connectivity index (χ0) is 20.8. The third kappa shape index (κ3) is 5.49. The highest BCUT2D eigenvalue weighted by molar-refractivity contribution is 7.99. The van der Waals surface area contributed by atoms with Gasteiger partial charge in [0.25, 0.3) is 5.56 Å². The maximum atomic E-state index is 12.4. The van der Waals surface area contributed by atoms with Crippen molar-refractivity contribution in [3.8, 4) is 5.75 Å². The molecule has 0 aliphatic carbocycles. The fourth-order valence-corrected chi connectivity index (χ4v) is 3.23. The van der Waals surface area contributed by atoms with Crippen molar-refractivity contribution in [2.45, 2.75) is 11.6 Å². The van der Waals surface area contributed by atoms with Crippen molar-refractivity contribution in [3.63, 3.8) is 0 Å². The molecule has 1 aromatic heterocycles. The minimum Gasteiger partial charge on any atom is -0.497 e. The van der Waals surface area contributed by atoms with Gasteiger partial charge >= 0.3 is 0 Å². The first-order valence-electron chi connectivity index (χ1n) is 8.51. The van der Waals surface area contributed by atoms with Gasteiger partial charge in [-0.3, -0.25) is 9.59 Å². The van der Waals surface area contributed by atoms with Crippen molar-refractivity contribution in [2.24, 2.45) is 0 Å². The Hall–Kier alpha value is -3.04. The van der Waals surface area contributed by atoms with Crippen molar-refractivity contribution in [1.82, 2.24) is 14.9 Å². The number of nitrogens with one attached hydrogen (secondary N) is 1.